The number of aromatic nitrogens is 1. The van der Waals surface area contributed by atoms with Crippen LogP contribution in [0.4, 0.5) is 5.13 Å². The number of nitrogens with one attached hydrogen (secondary N) is 2. The van der Waals surface area contributed by atoms with Crippen molar-refractivity contribution in [1.82, 2.24) is 10.3 Å². The van der Waals surface area contributed by atoms with Gasteiger partial charge in [0, 0.05) is 13.2 Å². The predicted octanol–water partition coefficient (Wildman–Crippen LogP) is 0.732. The molecule has 1 aromatic heterocycles. The molecule has 0 radical (unpaired) electrons. The highest BCUT2D eigenvalue weighted by molar-refractivity contribution is 7.92. The highest BCUT2D eigenvalue weighted by Crippen LogP contribution is 2.23. The van der Waals surface area contributed by atoms with Crippen LogP contribution in [-0.4, -0.2) is 44.8 Å². The van der Waals surface area contributed by atoms with E-state index in [4.69, 9.17) is 4.74 Å². The van der Waals surface area contributed by atoms with E-state index in [0.29, 0.717) is 17.1 Å². The van der Waals surface area contributed by atoms with Crippen molar-refractivity contribution in [2.24, 2.45) is 0 Å². The lowest BCUT2D eigenvalue weighted by molar-refractivity contribution is 0.0860. The summed E-state index contributed by atoms with van der Waals surface area (Å²) in [6, 6.07) is 0. The van der Waals surface area contributed by atoms with Crippen molar-refractivity contribution >= 4 is 32.4 Å². The lowest BCUT2D eigenvalue weighted by Crippen LogP contribution is -2.31. The monoisotopic (exact) mass is 319 g/mol. The highest BCUT2D eigenvalue weighted by Gasteiger charge is 2.20. The zero-order chi connectivity index (χ0) is 14.8. The Kier molecular flexibility index (Phi) is 4.61. The number of rotatable bonds is 5. The molecule has 1 aliphatic heterocycles. The first-order valence-corrected chi connectivity index (χ1v) is 8.91. The van der Waals surface area contributed by atoms with Gasteiger partial charge in [0.1, 0.15) is 4.88 Å². The summed E-state index contributed by atoms with van der Waals surface area (Å²) in [5.41, 5.74) is 0.506. The molecule has 7 nitrogen and oxygen atoms in total. The molecule has 0 aliphatic carbocycles. The third-order valence-corrected chi connectivity index (χ3v) is 4.55. The van der Waals surface area contributed by atoms with Crippen molar-refractivity contribution < 1.29 is 17.9 Å². The van der Waals surface area contributed by atoms with E-state index in [-0.39, 0.29) is 17.1 Å². The summed E-state index contributed by atoms with van der Waals surface area (Å²) in [4.78, 5) is 16.5. The smallest absolute Gasteiger partial charge is 0.263 e. The Balaban J connectivity index is 1.98. The first-order chi connectivity index (χ1) is 9.35. The van der Waals surface area contributed by atoms with Crippen molar-refractivity contribution in [3.63, 3.8) is 0 Å². The van der Waals surface area contributed by atoms with Gasteiger partial charge in [0.25, 0.3) is 5.91 Å². The van der Waals surface area contributed by atoms with E-state index in [1.165, 1.54) is 0 Å². The molecule has 0 spiro atoms. The quantitative estimate of drug-likeness (QED) is 0.834. The summed E-state index contributed by atoms with van der Waals surface area (Å²) in [6.45, 7) is 2.87. The van der Waals surface area contributed by atoms with Gasteiger partial charge in [-0.2, -0.15) is 0 Å². The number of hydrogen-bond acceptors (Lipinski definition) is 6. The van der Waals surface area contributed by atoms with E-state index in [1.807, 2.05) is 0 Å². The maximum Gasteiger partial charge on any atom is 0.263 e. The molecule has 0 bridgehead atoms. The average molecular weight is 319 g/mol. The number of amides is 1. The normalized spacial score (nSPS) is 19.0. The number of hydrogen-bond donors (Lipinski definition) is 2. The summed E-state index contributed by atoms with van der Waals surface area (Å²) in [7, 11) is -3.39. The molecule has 2 rings (SSSR count). The Morgan fingerprint density at radius 2 is 2.30 bits per heavy atom. The lowest BCUT2D eigenvalue weighted by Gasteiger charge is -2.09. The fourth-order valence-electron chi connectivity index (χ4n) is 1.90. The van der Waals surface area contributed by atoms with Gasteiger partial charge in [-0.15, -0.1) is 0 Å². The molecule has 1 saturated heterocycles. The third-order valence-electron chi connectivity index (χ3n) is 2.79. The van der Waals surface area contributed by atoms with Crippen molar-refractivity contribution in [3.8, 4) is 0 Å². The zero-order valence-corrected chi connectivity index (χ0v) is 12.9. The van der Waals surface area contributed by atoms with E-state index >= 15 is 0 Å². The molecule has 1 aliphatic rings. The first kappa shape index (κ1) is 15.2. The van der Waals surface area contributed by atoms with Crippen molar-refractivity contribution in [2.75, 3.05) is 24.1 Å². The molecule has 1 amide bonds. The van der Waals surface area contributed by atoms with Crippen molar-refractivity contribution in [3.05, 3.63) is 10.6 Å². The second-order valence-electron chi connectivity index (χ2n) is 4.65. The molecule has 1 fully saturated rings. The molecule has 0 aromatic carbocycles. The standard InChI is InChI=1S/C11H17N3O4S2/c1-7-9(19-11(13-7)14-20(2,16)17)10(15)12-6-8-4-3-5-18-8/h8H,3-6H2,1-2H3,(H,12,15)(H,13,14)/t8-/m0/s1. The predicted molar refractivity (Wildman–Crippen MR) is 76.6 cm³/mol. The minimum Gasteiger partial charge on any atom is -0.376 e. The topological polar surface area (TPSA) is 97.4 Å². The van der Waals surface area contributed by atoms with Gasteiger partial charge in [0.15, 0.2) is 5.13 Å². The molecule has 20 heavy (non-hydrogen) atoms. The Morgan fingerprint density at radius 3 is 2.90 bits per heavy atom. The number of thiazole rings is 1. The largest absolute Gasteiger partial charge is 0.376 e. The van der Waals surface area contributed by atoms with Crippen LogP contribution in [-0.2, 0) is 14.8 Å². The maximum absolute atomic E-state index is 12.0. The number of ether oxygens (including phenoxy) is 1. The first-order valence-electron chi connectivity index (χ1n) is 6.20. The summed E-state index contributed by atoms with van der Waals surface area (Å²) in [6.07, 6.45) is 3.08. The molecule has 9 heteroatoms. The second-order valence-corrected chi connectivity index (χ2v) is 7.40. The molecule has 112 valence electrons. The highest BCUT2D eigenvalue weighted by atomic mass is 32.2. The Bertz CT molecular complexity index is 591. The van der Waals surface area contributed by atoms with Gasteiger partial charge in [0.2, 0.25) is 10.0 Å². The van der Waals surface area contributed by atoms with E-state index in [2.05, 4.69) is 15.0 Å². The fourth-order valence-corrected chi connectivity index (χ4v) is 3.62. The summed E-state index contributed by atoms with van der Waals surface area (Å²) >= 11 is 1.02. The van der Waals surface area contributed by atoms with Gasteiger partial charge in [-0.1, -0.05) is 11.3 Å². The number of anilines is 1. The van der Waals surface area contributed by atoms with Crippen LogP contribution in [0.3, 0.4) is 0 Å². The Labute approximate surface area is 121 Å². The third kappa shape index (κ3) is 4.15. The van der Waals surface area contributed by atoms with Crippen LogP contribution in [0.1, 0.15) is 28.2 Å². The number of carbonyl (C=O) groups excluding carboxylic acids is 1. The van der Waals surface area contributed by atoms with Gasteiger partial charge in [0.05, 0.1) is 18.1 Å². The van der Waals surface area contributed by atoms with Crippen LogP contribution in [0.2, 0.25) is 0 Å². The molecular formula is C11H17N3O4S2. The summed E-state index contributed by atoms with van der Waals surface area (Å²) < 4.78 is 29.9. The number of nitrogens with zero attached hydrogens (tertiary/aromatic N) is 1. The molecule has 2 N–H and O–H groups in total. The number of carbonyl (C=O) groups is 1. The van der Waals surface area contributed by atoms with Gasteiger partial charge < -0.3 is 10.1 Å². The number of aryl methyl sites for hydroxylation is 1. The molecular weight excluding hydrogens is 302 g/mol. The summed E-state index contributed by atoms with van der Waals surface area (Å²) in [5.74, 6) is -0.253. The number of sulfonamides is 1. The minimum atomic E-state index is -3.39. The molecule has 0 saturated carbocycles. The average Bonchev–Trinajstić information content (AvgIpc) is 2.93. The second kappa shape index (κ2) is 6.06. The van der Waals surface area contributed by atoms with E-state index < -0.39 is 10.0 Å². The van der Waals surface area contributed by atoms with E-state index in [1.54, 1.807) is 6.92 Å². The van der Waals surface area contributed by atoms with Crippen molar-refractivity contribution in [1.29, 1.82) is 0 Å². The van der Waals surface area contributed by atoms with Crippen LogP contribution >= 0.6 is 11.3 Å². The molecule has 0 unspecified atom stereocenters. The van der Waals surface area contributed by atoms with Crippen LogP contribution in [0.25, 0.3) is 0 Å². The fraction of sp³-hybridized carbons (Fsp3) is 0.636. The minimum absolute atomic E-state index is 0.0702. The lowest BCUT2D eigenvalue weighted by atomic mass is 10.2. The summed E-state index contributed by atoms with van der Waals surface area (Å²) in [5, 5.41) is 2.99. The molecule has 1 aromatic rings. The van der Waals surface area contributed by atoms with Gasteiger partial charge in [-0.3, -0.25) is 9.52 Å². The molecule has 1 atom stereocenters. The Hall–Kier alpha value is -1.19. The van der Waals surface area contributed by atoms with Gasteiger partial charge >= 0.3 is 0 Å². The molecule has 2 heterocycles. The zero-order valence-electron chi connectivity index (χ0n) is 11.3. The van der Waals surface area contributed by atoms with E-state index in [9.17, 15) is 13.2 Å². The van der Waals surface area contributed by atoms with E-state index in [0.717, 1.165) is 37.0 Å². The van der Waals surface area contributed by atoms with Crippen LogP contribution in [0.15, 0.2) is 0 Å². The SMILES string of the molecule is Cc1nc(NS(C)(=O)=O)sc1C(=O)NC[C@@H]1CCCO1. The van der Waals surface area contributed by atoms with Crippen LogP contribution in [0.5, 0.6) is 0 Å². The van der Waals surface area contributed by atoms with Crippen molar-refractivity contribution in [2.45, 2.75) is 25.9 Å². The van der Waals surface area contributed by atoms with Crippen LogP contribution in [0, 0.1) is 6.92 Å². The maximum atomic E-state index is 12.0. The Morgan fingerprint density at radius 1 is 1.55 bits per heavy atom. The van der Waals surface area contributed by atoms with Gasteiger partial charge in [-0.25, -0.2) is 13.4 Å². The van der Waals surface area contributed by atoms with Crippen LogP contribution < -0.4 is 10.0 Å². The van der Waals surface area contributed by atoms with Gasteiger partial charge in [-0.05, 0) is 19.8 Å².